The predicted molar refractivity (Wildman–Crippen MR) is 91.4 cm³/mol. The molecule has 0 radical (unpaired) electrons. The number of aromatic nitrogens is 2. The highest BCUT2D eigenvalue weighted by Crippen LogP contribution is 2.30. The molecule has 2 aliphatic heterocycles. The summed E-state index contributed by atoms with van der Waals surface area (Å²) < 4.78 is 5.32. The number of hydrogen-bond acceptors (Lipinski definition) is 5. The Morgan fingerprint density at radius 3 is 2.84 bits per heavy atom. The molecule has 1 aromatic rings. The SMILES string of the molecule is CC(=O)N1CCC[C@H]1c1cncc(CNC(=O)CC2CCOCC2)n1. The first-order valence-corrected chi connectivity index (χ1v) is 9.06. The fraction of sp³-hybridized carbons (Fsp3) is 0.667. The summed E-state index contributed by atoms with van der Waals surface area (Å²) in [5.41, 5.74) is 1.54. The van der Waals surface area contributed by atoms with Gasteiger partial charge in [0.1, 0.15) is 0 Å². The van der Waals surface area contributed by atoms with Gasteiger partial charge in [-0.3, -0.25) is 19.6 Å². The zero-order chi connectivity index (χ0) is 17.6. The summed E-state index contributed by atoms with van der Waals surface area (Å²) in [6, 6.07) is 0.00268. The van der Waals surface area contributed by atoms with E-state index in [-0.39, 0.29) is 17.9 Å². The molecule has 1 aromatic heterocycles. The summed E-state index contributed by atoms with van der Waals surface area (Å²) >= 11 is 0. The number of hydrogen-bond donors (Lipinski definition) is 1. The highest BCUT2D eigenvalue weighted by molar-refractivity contribution is 5.76. The van der Waals surface area contributed by atoms with Crippen LogP contribution in [0, 0.1) is 5.92 Å². The van der Waals surface area contributed by atoms with Crippen molar-refractivity contribution in [2.75, 3.05) is 19.8 Å². The molecular weight excluding hydrogens is 320 g/mol. The predicted octanol–water partition coefficient (Wildman–Crippen LogP) is 1.59. The lowest BCUT2D eigenvalue weighted by Crippen LogP contribution is -2.30. The third-order valence-electron chi connectivity index (χ3n) is 4.98. The standard InChI is InChI=1S/C18H26N4O3/c1-13(23)22-6-2-3-17(22)16-12-19-10-15(21-16)11-20-18(24)9-14-4-7-25-8-5-14/h10,12,14,17H,2-9,11H2,1H3,(H,20,24)/t17-/m0/s1. The molecule has 7 heteroatoms. The van der Waals surface area contributed by atoms with Gasteiger partial charge in [-0.25, -0.2) is 0 Å². The molecule has 1 atom stereocenters. The Kier molecular flexibility index (Phi) is 5.96. The third kappa shape index (κ3) is 4.75. The van der Waals surface area contributed by atoms with Crippen LogP contribution in [-0.4, -0.2) is 46.4 Å². The second-order valence-corrected chi connectivity index (χ2v) is 6.84. The van der Waals surface area contributed by atoms with Crippen LogP contribution in [0.3, 0.4) is 0 Å². The molecule has 0 unspecified atom stereocenters. The summed E-state index contributed by atoms with van der Waals surface area (Å²) in [6.07, 6.45) is 7.73. The molecule has 2 saturated heterocycles. The zero-order valence-corrected chi connectivity index (χ0v) is 14.7. The summed E-state index contributed by atoms with van der Waals surface area (Å²) in [7, 11) is 0. The summed E-state index contributed by atoms with van der Waals surface area (Å²) in [5.74, 6) is 0.526. The minimum absolute atomic E-state index is 0.00268. The van der Waals surface area contributed by atoms with Gasteiger partial charge in [-0.1, -0.05) is 0 Å². The molecule has 2 amide bonds. The minimum Gasteiger partial charge on any atom is -0.381 e. The van der Waals surface area contributed by atoms with Crippen molar-refractivity contribution in [3.63, 3.8) is 0 Å². The molecular formula is C18H26N4O3. The maximum absolute atomic E-state index is 12.1. The molecule has 25 heavy (non-hydrogen) atoms. The monoisotopic (exact) mass is 346 g/mol. The van der Waals surface area contributed by atoms with E-state index in [1.165, 1.54) is 0 Å². The summed E-state index contributed by atoms with van der Waals surface area (Å²) in [4.78, 5) is 34.6. The smallest absolute Gasteiger partial charge is 0.220 e. The molecule has 7 nitrogen and oxygen atoms in total. The summed E-state index contributed by atoms with van der Waals surface area (Å²) in [6.45, 7) is 4.23. The van der Waals surface area contributed by atoms with Crippen LogP contribution in [0.5, 0.6) is 0 Å². The summed E-state index contributed by atoms with van der Waals surface area (Å²) in [5, 5.41) is 2.94. The second-order valence-electron chi connectivity index (χ2n) is 6.84. The van der Waals surface area contributed by atoms with Crippen LogP contribution in [0.4, 0.5) is 0 Å². The van der Waals surface area contributed by atoms with Crippen molar-refractivity contribution in [3.8, 4) is 0 Å². The molecule has 3 heterocycles. The number of carbonyl (C=O) groups excluding carboxylic acids is 2. The molecule has 2 fully saturated rings. The molecule has 0 bridgehead atoms. The topological polar surface area (TPSA) is 84.4 Å². The van der Waals surface area contributed by atoms with Gasteiger partial charge in [0, 0.05) is 33.1 Å². The van der Waals surface area contributed by atoms with Gasteiger partial charge >= 0.3 is 0 Å². The van der Waals surface area contributed by atoms with E-state index in [4.69, 9.17) is 4.74 Å². The van der Waals surface area contributed by atoms with Crippen molar-refractivity contribution in [2.24, 2.45) is 5.92 Å². The highest BCUT2D eigenvalue weighted by Gasteiger charge is 2.29. The fourth-order valence-corrected chi connectivity index (χ4v) is 3.59. The van der Waals surface area contributed by atoms with Crippen LogP contribution in [-0.2, 0) is 20.9 Å². The molecule has 3 rings (SSSR count). The van der Waals surface area contributed by atoms with Gasteiger partial charge in [0.2, 0.25) is 11.8 Å². The minimum atomic E-state index is 0.00268. The van der Waals surface area contributed by atoms with E-state index in [0.29, 0.717) is 18.9 Å². The Balaban J connectivity index is 1.54. The number of nitrogens with zero attached hydrogens (tertiary/aromatic N) is 3. The number of rotatable bonds is 5. The van der Waals surface area contributed by atoms with Crippen LogP contribution in [0.1, 0.15) is 56.5 Å². The number of likely N-dealkylation sites (tertiary alicyclic amines) is 1. The Morgan fingerprint density at radius 2 is 2.08 bits per heavy atom. The lowest BCUT2D eigenvalue weighted by Gasteiger charge is -2.23. The largest absolute Gasteiger partial charge is 0.381 e. The molecule has 1 N–H and O–H groups in total. The maximum Gasteiger partial charge on any atom is 0.220 e. The van der Waals surface area contributed by atoms with E-state index >= 15 is 0 Å². The second kappa shape index (κ2) is 8.38. The molecule has 0 saturated carbocycles. The number of amides is 2. The highest BCUT2D eigenvalue weighted by atomic mass is 16.5. The Bertz CT molecular complexity index is 616. The first-order chi connectivity index (χ1) is 12.1. The van der Waals surface area contributed by atoms with Crippen molar-refractivity contribution in [1.82, 2.24) is 20.2 Å². The van der Waals surface area contributed by atoms with Crippen LogP contribution >= 0.6 is 0 Å². The van der Waals surface area contributed by atoms with E-state index in [1.54, 1.807) is 19.3 Å². The lowest BCUT2D eigenvalue weighted by atomic mass is 9.96. The first-order valence-electron chi connectivity index (χ1n) is 9.06. The first kappa shape index (κ1) is 17.8. The van der Waals surface area contributed by atoms with Crippen LogP contribution in [0.25, 0.3) is 0 Å². The molecule has 136 valence electrons. The van der Waals surface area contributed by atoms with Crippen LogP contribution < -0.4 is 5.32 Å². The van der Waals surface area contributed by atoms with Gasteiger partial charge in [0.05, 0.1) is 36.4 Å². The van der Waals surface area contributed by atoms with Crippen LogP contribution in [0.2, 0.25) is 0 Å². The van der Waals surface area contributed by atoms with Crippen molar-refractivity contribution >= 4 is 11.8 Å². The van der Waals surface area contributed by atoms with E-state index in [0.717, 1.165) is 56.8 Å². The van der Waals surface area contributed by atoms with Crippen molar-refractivity contribution in [1.29, 1.82) is 0 Å². The lowest BCUT2D eigenvalue weighted by molar-refractivity contribution is -0.129. The average molecular weight is 346 g/mol. The molecule has 2 aliphatic rings. The van der Waals surface area contributed by atoms with Gasteiger partial charge < -0.3 is 15.0 Å². The van der Waals surface area contributed by atoms with Crippen molar-refractivity contribution in [2.45, 2.75) is 51.6 Å². The maximum atomic E-state index is 12.1. The molecule has 0 aliphatic carbocycles. The normalized spacial score (nSPS) is 21.3. The van der Waals surface area contributed by atoms with E-state index in [1.807, 2.05) is 4.90 Å². The van der Waals surface area contributed by atoms with E-state index < -0.39 is 0 Å². The van der Waals surface area contributed by atoms with Crippen molar-refractivity contribution in [3.05, 3.63) is 23.8 Å². The van der Waals surface area contributed by atoms with Gasteiger partial charge in [-0.2, -0.15) is 0 Å². The van der Waals surface area contributed by atoms with Gasteiger partial charge in [0.15, 0.2) is 0 Å². The quantitative estimate of drug-likeness (QED) is 0.875. The number of ether oxygens (including phenoxy) is 1. The zero-order valence-electron chi connectivity index (χ0n) is 14.7. The van der Waals surface area contributed by atoms with Gasteiger partial charge in [0.25, 0.3) is 0 Å². The average Bonchev–Trinajstić information content (AvgIpc) is 3.11. The van der Waals surface area contributed by atoms with Gasteiger partial charge in [-0.05, 0) is 31.6 Å². The Hall–Kier alpha value is -2.02. The van der Waals surface area contributed by atoms with E-state index in [9.17, 15) is 9.59 Å². The molecule has 0 spiro atoms. The number of carbonyl (C=O) groups is 2. The van der Waals surface area contributed by atoms with E-state index in [2.05, 4.69) is 15.3 Å². The third-order valence-corrected chi connectivity index (χ3v) is 4.98. The van der Waals surface area contributed by atoms with Crippen molar-refractivity contribution < 1.29 is 14.3 Å². The number of nitrogens with one attached hydrogen (secondary N) is 1. The van der Waals surface area contributed by atoms with Gasteiger partial charge in [-0.15, -0.1) is 0 Å². The Morgan fingerprint density at radius 1 is 1.28 bits per heavy atom. The van der Waals surface area contributed by atoms with Crippen LogP contribution in [0.15, 0.2) is 12.4 Å². The Labute approximate surface area is 148 Å². The molecule has 0 aromatic carbocycles. The fourth-order valence-electron chi connectivity index (χ4n) is 3.59.